The van der Waals surface area contributed by atoms with Crippen molar-refractivity contribution in [2.45, 2.75) is 51.0 Å². The first-order valence-corrected chi connectivity index (χ1v) is 5.66. The van der Waals surface area contributed by atoms with Crippen molar-refractivity contribution in [1.82, 2.24) is 4.90 Å². The number of carbonyl (C=O) groups excluding carboxylic acids is 1. The van der Waals surface area contributed by atoms with Gasteiger partial charge in [-0.1, -0.05) is 0 Å². The van der Waals surface area contributed by atoms with Crippen molar-refractivity contribution < 1.29 is 19.4 Å². The average Bonchev–Trinajstić information content (AvgIpc) is 2.91. The number of rotatable bonds is 1. The summed E-state index contributed by atoms with van der Waals surface area (Å²) in [4.78, 5) is 13.6. The van der Waals surface area contributed by atoms with Crippen molar-refractivity contribution in [2.75, 3.05) is 13.2 Å². The molecule has 0 aromatic heterocycles. The molecule has 1 aliphatic carbocycles. The molecular formula is C11H19NO4. The molecule has 0 aromatic carbocycles. The Morgan fingerprint density at radius 1 is 1.56 bits per heavy atom. The summed E-state index contributed by atoms with van der Waals surface area (Å²) in [6.07, 6.45) is 0.381. The molecule has 16 heavy (non-hydrogen) atoms. The normalized spacial score (nSPS) is 33.2. The molecule has 1 saturated heterocycles. The van der Waals surface area contributed by atoms with E-state index >= 15 is 0 Å². The molecule has 5 heteroatoms. The second-order valence-corrected chi connectivity index (χ2v) is 5.41. The van der Waals surface area contributed by atoms with Crippen LogP contribution >= 0.6 is 0 Å². The van der Waals surface area contributed by atoms with Gasteiger partial charge in [-0.3, -0.25) is 4.90 Å². The number of hydrogen-bond donors (Lipinski definition) is 1. The van der Waals surface area contributed by atoms with Gasteiger partial charge >= 0.3 is 6.09 Å². The molecule has 0 bridgehead atoms. The summed E-state index contributed by atoms with van der Waals surface area (Å²) in [6, 6.07) is 0.151. The van der Waals surface area contributed by atoms with Crippen LogP contribution in [0.3, 0.4) is 0 Å². The van der Waals surface area contributed by atoms with Crippen LogP contribution in [0.2, 0.25) is 0 Å². The lowest BCUT2D eigenvalue weighted by atomic mass is 10.2. The third-order valence-corrected chi connectivity index (χ3v) is 2.70. The Labute approximate surface area is 95.3 Å². The van der Waals surface area contributed by atoms with Crippen LogP contribution in [-0.4, -0.2) is 53.1 Å². The molecule has 2 aliphatic rings. The second-order valence-electron chi connectivity index (χ2n) is 5.41. The molecule has 1 N–H and O–H groups in total. The highest BCUT2D eigenvalue weighted by molar-refractivity contribution is 5.69. The zero-order valence-electron chi connectivity index (χ0n) is 9.97. The molecule has 2 unspecified atom stereocenters. The van der Waals surface area contributed by atoms with E-state index in [9.17, 15) is 4.79 Å². The van der Waals surface area contributed by atoms with Crippen molar-refractivity contribution >= 4 is 6.09 Å². The van der Waals surface area contributed by atoms with Gasteiger partial charge in [0.1, 0.15) is 5.60 Å². The first-order chi connectivity index (χ1) is 7.40. The Morgan fingerprint density at radius 2 is 2.25 bits per heavy atom. The molecule has 1 aliphatic heterocycles. The fraction of sp³-hybridized carbons (Fsp3) is 0.909. The molecule has 0 aromatic rings. The van der Waals surface area contributed by atoms with Crippen molar-refractivity contribution in [1.29, 1.82) is 0 Å². The predicted molar refractivity (Wildman–Crippen MR) is 57.1 cm³/mol. The minimum absolute atomic E-state index is 0.0531. The van der Waals surface area contributed by atoms with E-state index in [1.54, 1.807) is 4.90 Å². The lowest BCUT2D eigenvalue weighted by Gasteiger charge is -2.33. The monoisotopic (exact) mass is 229 g/mol. The highest BCUT2D eigenvalue weighted by Crippen LogP contribution is 2.37. The van der Waals surface area contributed by atoms with Gasteiger partial charge in [-0.25, -0.2) is 4.79 Å². The van der Waals surface area contributed by atoms with Gasteiger partial charge in [0.25, 0.3) is 0 Å². The van der Waals surface area contributed by atoms with E-state index in [2.05, 4.69) is 0 Å². The highest BCUT2D eigenvalue weighted by Gasteiger charge is 2.51. The van der Waals surface area contributed by atoms with Gasteiger partial charge in [0.05, 0.1) is 31.4 Å². The van der Waals surface area contributed by atoms with Crippen molar-refractivity contribution in [3.63, 3.8) is 0 Å². The van der Waals surface area contributed by atoms with Crippen LogP contribution in [0.5, 0.6) is 0 Å². The first kappa shape index (κ1) is 11.7. The molecule has 0 spiro atoms. The van der Waals surface area contributed by atoms with Crippen molar-refractivity contribution in [3.8, 4) is 0 Å². The maximum absolute atomic E-state index is 11.9. The van der Waals surface area contributed by atoms with Crippen LogP contribution in [0.15, 0.2) is 0 Å². The number of aliphatic hydroxyl groups is 1. The van der Waals surface area contributed by atoms with Crippen LogP contribution in [0, 0.1) is 0 Å². The number of nitrogens with zero attached hydrogens (tertiary/aromatic N) is 1. The first-order valence-electron chi connectivity index (χ1n) is 5.66. The van der Waals surface area contributed by atoms with Gasteiger partial charge in [-0.05, 0) is 27.2 Å². The minimum Gasteiger partial charge on any atom is -0.444 e. The molecule has 5 nitrogen and oxygen atoms in total. The van der Waals surface area contributed by atoms with Crippen LogP contribution in [0.1, 0.15) is 27.2 Å². The van der Waals surface area contributed by atoms with E-state index in [0.29, 0.717) is 6.54 Å². The zero-order chi connectivity index (χ0) is 11.9. The predicted octanol–water partition coefficient (Wildman–Crippen LogP) is 0.756. The zero-order valence-corrected chi connectivity index (χ0v) is 9.97. The third-order valence-electron chi connectivity index (χ3n) is 2.70. The fourth-order valence-electron chi connectivity index (χ4n) is 1.91. The van der Waals surface area contributed by atoms with E-state index in [0.717, 1.165) is 6.42 Å². The number of fused-ring (bicyclic) bond motifs is 1. The Hall–Kier alpha value is -0.810. The number of morpholine rings is 1. The quantitative estimate of drug-likeness (QED) is 0.721. The maximum atomic E-state index is 11.9. The van der Waals surface area contributed by atoms with E-state index in [4.69, 9.17) is 14.6 Å². The Balaban J connectivity index is 1.96. The average molecular weight is 229 g/mol. The number of ether oxygens (including phenoxy) is 2. The molecule has 0 radical (unpaired) electrons. The number of hydrogen-bond acceptors (Lipinski definition) is 4. The summed E-state index contributed by atoms with van der Waals surface area (Å²) in [5.41, 5.74) is -0.478. The fourth-order valence-corrected chi connectivity index (χ4v) is 1.91. The lowest BCUT2D eigenvalue weighted by Crippen LogP contribution is -2.48. The number of amides is 1. The Kier molecular flexibility index (Phi) is 2.84. The van der Waals surface area contributed by atoms with Gasteiger partial charge in [0.2, 0.25) is 0 Å². The molecule has 92 valence electrons. The van der Waals surface area contributed by atoms with E-state index in [1.807, 2.05) is 20.8 Å². The molecular weight excluding hydrogens is 210 g/mol. The van der Waals surface area contributed by atoms with Crippen LogP contribution in [0.4, 0.5) is 4.79 Å². The summed E-state index contributed by atoms with van der Waals surface area (Å²) in [7, 11) is 0. The molecule has 2 fully saturated rings. The Morgan fingerprint density at radius 3 is 2.81 bits per heavy atom. The number of carbonyl (C=O) groups is 1. The second kappa shape index (κ2) is 3.89. The molecule has 1 saturated carbocycles. The molecule has 3 atom stereocenters. The largest absolute Gasteiger partial charge is 0.444 e. The van der Waals surface area contributed by atoms with Gasteiger partial charge in [0.15, 0.2) is 0 Å². The van der Waals surface area contributed by atoms with Crippen LogP contribution < -0.4 is 0 Å². The summed E-state index contributed by atoms with van der Waals surface area (Å²) < 4.78 is 10.8. The standard InChI is InChI=1S/C11H19NO4/c1-11(2,3)16-10(14)12-5-7(6-13)15-9-4-8(9)12/h7-9,13H,4-6H2,1-3H3/t7-,8?,9?/m0/s1. The minimum atomic E-state index is -0.478. The maximum Gasteiger partial charge on any atom is 0.410 e. The van der Waals surface area contributed by atoms with Crippen molar-refractivity contribution in [3.05, 3.63) is 0 Å². The molecule has 1 amide bonds. The molecule has 2 rings (SSSR count). The van der Waals surface area contributed by atoms with Gasteiger partial charge in [-0.2, -0.15) is 0 Å². The van der Waals surface area contributed by atoms with E-state index in [-0.39, 0.29) is 30.9 Å². The lowest BCUT2D eigenvalue weighted by molar-refractivity contribution is -0.0638. The van der Waals surface area contributed by atoms with E-state index in [1.165, 1.54) is 0 Å². The van der Waals surface area contributed by atoms with E-state index < -0.39 is 5.60 Å². The summed E-state index contributed by atoms with van der Waals surface area (Å²) in [5.74, 6) is 0. The SMILES string of the molecule is CC(C)(C)OC(=O)N1C[C@@H](CO)OC2CC21. The topological polar surface area (TPSA) is 59.0 Å². The number of aliphatic hydroxyl groups excluding tert-OH is 1. The third kappa shape index (κ3) is 2.47. The Bertz CT molecular complexity index is 286. The smallest absolute Gasteiger partial charge is 0.410 e. The van der Waals surface area contributed by atoms with Crippen LogP contribution in [-0.2, 0) is 9.47 Å². The van der Waals surface area contributed by atoms with Crippen LogP contribution in [0.25, 0.3) is 0 Å². The highest BCUT2D eigenvalue weighted by atomic mass is 16.6. The summed E-state index contributed by atoms with van der Waals surface area (Å²) in [6.45, 7) is 5.91. The van der Waals surface area contributed by atoms with Gasteiger partial charge < -0.3 is 14.6 Å². The van der Waals surface area contributed by atoms with Gasteiger partial charge in [-0.15, -0.1) is 0 Å². The molecule has 1 heterocycles. The summed E-state index contributed by atoms with van der Waals surface area (Å²) >= 11 is 0. The van der Waals surface area contributed by atoms with Gasteiger partial charge in [0, 0.05) is 0 Å². The summed E-state index contributed by atoms with van der Waals surface area (Å²) in [5, 5.41) is 9.06. The van der Waals surface area contributed by atoms with Crippen molar-refractivity contribution in [2.24, 2.45) is 0 Å².